The highest BCUT2D eigenvalue weighted by molar-refractivity contribution is 5.76. The minimum absolute atomic E-state index is 0.0863. The zero-order chi connectivity index (χ0) is 18.4. The van der Waals surface area contributed by atoms with Crippen LogP contribution in [0.25, 0.3) is 0 Å². The van der Waals surface area contributed by atoms with Crippen molar-refractivity contribution in [3.8, 4) is 11.5 Å². The number of methoxy groups -OCH3 is 2. The van der Waals surface area contributed by atoms with Crippen LogP contribution in [-0.4, -0.2) is 36.2 Å². The maximum Gasteiger partial charge on any atom is 0.221 e. The Morgan fingerprint density at radius 1 is 1.28 bits per heavy atom. The van der Waals surface area contributed by atoms with Crippen molar-refractivity contribution < 1.29 is 14.3 Å². The predicted octanol–water partition coefficient (Wildman–Crippen LogP) is 1.72. The largest absolute Gasteiger partial charge is 0.493 e. The van der Waals surface area contributed by atoms with Gasteiger partial charge in [0.1, 0.15) is 0 Å². The summed E-state index contributed by atoms with van der Waals surface area (Å²) in [6, 6.07) is 5.03. The Kier molecular flexibility index (Phi) is 6.41. The SMILES string of the molecule is COc1ccc([C@@H](N)CC(=O)NCCn2cnc(C)c2C)cc1OC. The molecule has 2 rings (SSSR count). The van der Waals surface area contributed by atoms with Crippen LogP contribution in [-0.2, 0) is 11.3 Å². The maximum absolute atomic E-state index is 12.1. The van der Waals surface area contributed by atoms with Crippen LogP contribution in [0.4, 0.5) is 0 Å². The lowest BCUT2D eigenvalue weighted by atomic mass is 10.0. The van der Waals surface area contributed by atoms with Gasteiger partial charge in [0.25, 0.3) is 0 Å². The zero-order valence-corrected chi connectivity index (χ0v) is 15.2. The molecule has 0 aliphatic heterocycles. The van der Waals surface area contributed by atoms with Gasteiger partial charge in [-0.15, -0.1) is 0 Å². The van der Waals surface area contributed by atoms with Gasteiger partial charge in [0, 0.05) is 31.2 Å². The van der Waals surface area contributed by atoms with Gasteiger partial charge in [0.15, 0.2) is 11.5 Å². The summed E-state index contributed by atoms with van der Waals surface area (Å²) < 4.78 is 12.5. The van der Waals surface area contributed by atoms with E-state index >= 15 is 0 Å². The predicted molar refractivity (Wildman–Crippen MR) is 95.8 cm³/mol. The van der Waals surface area contributed by atoms with Gasteiger partial charge >= 0.3 is 0 Å². The number of carbonyl (C=O) groups is 1. The molecule has 3 N–H and O–H groups in total. The van der Waals surface area contributed by atoms with E-state index in [1.165, 1.54) is 0 Å². The van der Waals surface area contributed by atoms with E-state index in [1.807, 2.05) is 24.5 Å². The van der Waals surface area contributed by atoms with Crippen LogP contribution in [0.5, 0.6) is 11.5 Å². The van der Waals surface area contributed by atoms with Gasteiger partial charge in [-0.1, -0.05) is 6.07 Å². The molecule has 0 saturated carbocycles. The van der Waals surface area contributed by atoms with E-state index in [0.717, 1.165) is 17.0 Å². The second-order valence-corrected chi connectivity index (χ2v) is 5.88. The fourth-order valence-electron chi connectivity index (χ4n) is 2.56. The van der Waals surface area contributed by atoms with Crippen molar-refractivity contribution in [3.63, 3.8) is 0 Å². The molecule has 136 valence electrons. The van der Waals surface area contributed by atoms with Crippen molar-refractivity contribution in [2.45, 2.75) is 32.9 Å². The fourth-order valence-corrected chi connectivity index (χ4v) is 2.56. The topological polar surface area (TPSA) is 91.4 Å². The Morgan fingerprint density at radius 3 is 2.60 bits per heavy atom. The van der Waals surface area contributed by atoms with Crippen LogP contribution in [0.15, 0.2) is 24.5 Å². The molecule has 7 nitrogen and oxygen atoms in total. The van der Waals surface area contributed by atoms with Crippen molar-refractivity contribution in [2.24, 2.45) is 5.73 Å². The lowest BCUT2D eigenvalue weighted by Gasteiger charge is -2.15. The average molecular weight is 346 g/mol. The molecule has 0 saturated heterocycles. The number of hydrogen-bond donors (Lipinski definition) is 2. The van der Waals surface area contributed by atoms with Gasteiger partial charge in [-0.3, -0.25) is 4.79 Å². The third-order valence-electron chi connectivity index (χ3n) is 4.26. The molecule has 2 aromatic rings. The number of carbonyl (C=O) groups excluding carboxylic acids is 1. The second-order valence-electron chi connectivity index (χ2n) is 5.88. The Balaban J connectivity index is 1.86. The van der Waals surface area contributed by atoms with Crippen molar-refractivity contribution in [1.82, 2.24) is 14.9 Å². The standard InChI is InChI=1S/C18H26N4O3/c1-12-13(2)22(11-21-12)8-7-20-18(23)10-15(19)14-5-6-16(24-3)17(9-14)25-4/h5-6,9,11,15H,7-8,10,19H2,1-4H3,(H,20,23)/t15-/m0/s1. The third kappa shape index (κ3) is 4.73. The van der Waals surface area contributed by atoms with Gasteiger partial charge in [-0.05, 0) is 31.5 Å². The normalized spacial score (nSPS) is 11.9. The molecular formula is C18H26N4O3. The molecule has 25 heavy (non-hydrogen) atoms. The molecule has 0 radical (unpaired) electrons. The average Bonchev–Trinajstić information content (AvgIpc) is 2.93. The molecule has 1 aromatic heterocycles. The Morgan fingerprint density at radius 2 is 2.00 bits per heavy atom. The molecule has 0 bridgehead atoms. The summed E-state index contributed by atoms with van der Waals surface area (Å²) in [7, 11) is 3.15. The summed E-state index contributed by atoms with van der Waals surface area (Å²) in [5.74, 6) is 1.15. The Labute approximate surface area is 148 Å². The number of amides is 1. The summed E-state index contributed by atoms with van der Waals surface area (Å²) in [5.41, 5.74) is 9.09. The van der Waals surface area contributed by atoms with Crippen molar-refractivity contribution in [2.75, 3.05) is 20.8 Å². The highest BCUT2D eigenvalue weighted by Crippen LogP contribution is 2.30. The minimum Gasteiger partial charge on any atom is -0.493 e. The number of nitrogens with two attached hydrogens (primary N) is 1. The van der Waals surface area contributed by atoms with E-state index < -0.39 is 6.04 Å². The number of rotatable bonds is 8. The maximum atomic E-state index is 12.1. The minimum atomic E-state index is -0.406. The van der Waals surface area contributed by atoms with Gasteiger partial charge in [-0.25, -0.2) is 4.98 Å². The van der Waals surface area contributed by atoms with Gasteiger partial charge in [0.2, 0.25) is 5.91 Å². The van der Waals surface area contributed by atoms with E-state index in [1.54, 1.807) is 32.7 Å². The number of imidazole rings is 1. The summed E-state index contributed by atoms with van der Waals surface area (Å²) in [6.07, 6.45) is 1.99. The van der Waals surface area contributed by atoms with Gasteiger partial charge < -0.3 is 25.1 Å². The van der Waals surface area contributed by atoms with Crippen molar-refractivity contribution in [1.29, 1.82) is 0 Å². The van der Waals surface area contributed by atoms with E-state index in [-0.39, 0.29) is 12.3 Å². The summed E-state index contributed by atoms with van der Waals surface area (Å²) >= 11 is 0. The van der Waals surface area contributed by atoms with Crippen LogP contribution in [0.1, 0.15) is 29.4 Å². The lowest BCUT2D eigenvalue weighted by molar-refractivity contribution is -0.121. The highest BCUT2D eigenvalue weighted by Gasteiger charge is 2.14. The summed E-state index contributed by atoms with van der Waals surface area (Å²) in [4.78, 5) is 16.4. The van der Waals surface area contributed by atoms with Gasteiger partial charge in [0.05, 0.1) is 26.2 Å². The molecule has 1 heterocycles. The fraction of sp³-hybridized carbons (Fsp3) is 0.444. The number of hydrogen-bond acceptors (Lipinski definition) is 5. The molecule has 0 unspecified atom stereocenters. The molecule has 0 fully saturated rings. The van der Waals surface area contributed by atoms with Crippen molar-refractivity contribution in [3.05, 3.63) is 41.5 Å². The zero-order valence-electron chi connectivity index (χ0n) is 15.2. The number of nitrogens with one attached hydrogen (secondary N) is 1. The number of nitrogens with zero attached hydrogens (tertiary/aromatic N) is 2. The number of benzene rings is 1. The van der Waals surface area contributed by atoms with Crippen LogP contribution in [0.2, 0.25) is 0 Å². The molecule has 7 heteroatoms. The Bertz CT molecular complexity index is 727. The molecule has 0 spiro atoms. The molecule has 1 amide bonds. The van der Waals surface area contributed by atoms with Crippen LogP contribution in [0.3, 0.4) is 0 Å². The van der Waals surface area contributed by atoms with E-state index in [4.69, 9.17) is 15.2 Å². The monoisotopic (exact) mass is 346 g/mol. The smallest absolute Gasteiger partial charge is 0.221 e. The molecular weight excluding hydrogens is 320 g/mol. The first-order valence-electron chi connectivity index (χ1n) is 8.18. The van der Waals surface area contributed by atoms with Crippen LogP contribution >= 0.6 is 0 Å². The molecule has 0 aliphatic rings. The summed E-state index contributed by atoms with van der Waals surface area (Å²) in [5, 5.41) is 2.90. The van der Waals surface area contributed by atoms with E-state index in [0.29, 0.717) is 24.6 Å². The quantitative estimate of drug-likeness (QED) is 0.759. The summed E-state index contributed by atoms with van der Waals surface area (Å²) in [6.45, 7) is 5.20. The Hall–Kier alpha value is -2.54. The first kappa shape index (κ1) is 18.8. The lowest BCUT2D eigenvalue weighted by Crippen LogP contribution is -2.30. The molecule has 1 atom stereocenters. The molecule has 0 aliphatic carbocycles. The molecule has 1 aromatic carbocycles. The highest BCUT2D eigenvalue weighted by atomic mass is 16.5. The van der Waals surface area contributed by atoms with Crippen LogP contribution < -0.4 is 20.5 Å². The first-order chi connectivity index (χ1) is 12.0. The van der Waals surface area contributed by atoms with E-state index in [2.05, 4.69) is 10.3 Å². The second kappa shape index (κ2) is 8.53. The number of ether oxygens (including phenoxy) is 2. The number of aromatic nitrogens is 2. The van der Waals surface area contributed by atoms with Gasteiger partial charge in [-0.2, -0.15) is 0 Å². The van der Waals surface area contributed by atoms with Crippen molar-refractivity contribution >= 4 is 5.91 Å². The third-order valence-corrected chi connectivity index (χ3v) is 4.26. The number of aryl methyl sites for hydroxylation is 1. The first-order valence-corrected chi connectivity index (χ1v) is 8.18. The van der Waals surface area contributed by atoms with E-state index in [9.17, 15) is 4.79 Å². The van der Waals surface area contributed by atoms with Crippen LogP contribution in [0, 0.1) is 13.8 Å².